The largest absolute Gasteiger partial charge is 0.490 e. The van der Waals surface area contributed by atoms with Crippen LogP contribution in [0.4, 0.5) is 26.3 Å². The summed E-state index contributed by atoms with van der Waals surface area (Å²) < 4.78 is 75.4. The molecule has 0 radical (unpaired) electrons. The average molecular weight is 518 g/mol. The summed E-state index contributed by atoms with van der Waals surface area (Å²) in [5.41, 5.74) is 1.53. The Morgan fingerprint density at radius 3 is 2.17 bits per heavy atom. The molecule has 8 nitrogen and oxygen atoms in total. The SMILES string of the molecule is CCOCC12CCCOC1CCN(Cc1ccncc1)C2.O=C(O)C(F)(F)F.O=C(O)C(F)(F)F. The molecule has 2 atom stereocenters. The van der Waals surface area contributed by atoms with E-state index in [1.54, 1.807) is 0 Å². The van der Waals surface area contributed by atoms with Gasteiger partial charge >= 0.3 is 24.3 Å². The van der Waals surface area contributed by atoms with Crippen molar-refractivity contribution in [3.05, 3.63) is 30.1 Å². The summed E-state index contributed by atoms with van der Waals surface area (Å²) in [6, 6.07) is 4.22. The third-order valence-electron chi connectivity index (χ3n) is 5.30. The lowest BCUT2D eigenvalue weighted by Crippen LogP contribution is -2.56. The number of ether oxygens (including phenoxy) is 2. The Bertz CT molecular complexity index is 769. The Balaban J connectivity index is 0.000000362. The number of carbonyl (C=O) groups is 2. The van der Waals surface area contributed by atoms with Crippen LogP contribution >= 0.6 is 0 Å². The quantitative estimate of drug-likeness (QED) is 0.568. The van der Waals surface area contributed by atoms with E-state index in [-0.39, 0.29) is 5.41 Å². The minimum atomic E-state index is -5.08. The first-order valence-corrected chi connectivity index (χ1v) is 10.6. The number of pyridine rings is 1. The number of rotatable bonds is 5. The van der Waals surface area contributed by atoms with Crippen LogP contribution in [0.1, 0.15) is 31.7 Å². The fraction of sp³-hybridized carbons (Fsp3) is 0.667. The molecular weight excluding hydrogens is 490 g/mol. The van der Waals surface area contributed by atoms with E-state index in [2.05, 4.69) is 28.9 Å². The predicted molar refractivity (Wildman–Crippen MR) is 109 cm³/mol. The molecule has 35 heavy (non-hydrogen) atoms. The number of hydrogen-bond donors (Lipinski definition) is 2. The molecule has 0 aromatic carbocycles. The number of carboxylic acids is 2. The first-order valence-electron chi connectivity index (χ1n) is 10.6. The van der Waals surface area contributed by atoms with Gasteiger partial charge in [-0.2, -0.15) is 26.3 Å². The highest BCUT2D eigenvalue weighted by Gasteiger charge is 2.46. The van der Waals surface area contributed by atoms with Gasteiger partial charge in [-0.15, -0.1) is 0 Å². The Hall–Kier alpha value is -2.45. The highest BCUT2D eigenvalue weighted by Crippen LogP contribution is 2.40. The van der Waals surface area contributed by atoms with Gasteiger partial charge in [0.25, 0.3) is 0 Å². The summed E-state index contributed by atoms with van der Waals surface area (Å²) in [5.74, 6) is -5.51. The fourth-order valence-corrected chi connectivity index (χ4v) is 3.78. The van der Waals surface area contributed by atoms with Crippen molar-refractivity contribution < 1.29 is 55.6 Å². The van der Waals surface area contributed by atoms with E-state index < -0.39 is 24.3 Å². The smallest absolute Gasteiger partial charge is 0.475 e. The van der Waals surface area contributed by atoms with Gasteiger partial charge in [-0.3, -0.25) is 9.88 Å². The van der Waals surface area contributed by atoms with Crippen LogP contribution in [0, 0.1) is 5.41 Å². The van der Waals surface area contributed by atoms with E-state index in [9.17, 15) is 26.3 Å². The molecule has 2 saturated heterocycles. The van der Waals surface area contributed by atoms with Gasteiger partial charge in [0.2, 0.25) is 0 Å². The summed E-state index contributed by atoms with van der Waals surface area (Å²) >= 11 is 0. The third kappa shape index (κ3) is 10.8. The van der Waals surface area contributed by atoms with Gasteiger partial charge in [0.1, 0.15) is 0 Å². The summed E-state index contributed by atoms with van der Waals surface area (Å²) in [4.78, 5) is 24.4. The second-order valence-corrected chi connectivity index (χ2v) is 7.92. The van der Waals surface area contributed by atoms with Crippen LogP contribution in [0.2, 0.25) is 0 Å². The molecule has 2 fully saturated rings. The van der Waals surface area contributed by atoms with Crippen LogP contribution in [0.5, 0.6) is 0 Å². The first-order chi connectivity index (χ1) is 16.2. The summed E-state index contributed by atoms with van der Waals surface area (Å²) in [7, 11) is 0. The summed E-state index contributed by atoms with van der Waals surface area (Å²) in [6.45, 7) is 7.82. The molecule has 3 rings (SSSR count). The number of aliphatic carboxylic acids is 2. The molecule has 0 bridgehead atoms. The number of alkyl halides is 6. The Labute approximate surface area is 197 Å². The molecule has 3 heterocycles. The van der Waals surface area contributed by atoms with Crippen LogP contribution in [0.3, 0.4) is 0 Å². The van der Waals surface area contributed by atoms with E-state index in [1.807, 2.05) is 12.4 Å². The van der Waals surface area contributed by atoms with E-state index in [4.69, 9.17) is 29.3 Å². The molecule has 2 N–H and O–H groups in total. The second kappa shape index (κ2) is 13.6. The Morgan fingerprint density at radius 1 is 1.14 bits per heavy atom. The van der Waals surface area contributed by atoms with Gasteiger partial charge in [-0.25, -0.2) is 9.59 Å². The highest BCUT2D eigenvalue weighted by molar-refractivity contribution is 5.73. The second-order valence-electron chi connectivity index (χ2n) is 7.92. The normalized spacial score (nSPS) is 22.5. The molecule has 1 aromatic rings. The van der Waals surface area contributed by atoms with E-state index in [0.717, 1.165) is 52.3 Å². The van der Waals surface area contributed by atoms with Gasteiger partial charge in [-0.1, -0.05) is 0 Å². The molecule has 2 aliphatic heterocycles. The predicted octanol–water partition coefficient (Wildman–Crippen LogP) is 3.76. The van der Waals surface area contributed by atoms with E-state index >= 15 is 0 Å². The molecule has 0 amide bonds. The lowest BCUT2D eigenvalue weighted by atomic mass is 9.73. The van der Waals surface area contributed by atoms with Crippen molar-refractivity contribution in [1.29, 1.82) is 0 Å². The van der Waals surface area contributed by atoms with Gasteiger partial charge in [0.15, 0.2) is 0 Å². The maximum absolute atomic E-state index is 10.6. The topological polar surface area (TPSA) is 109 Å². The zero-order chi connectivity index (χ0) is 26.7. The van der Waals surface area contributed by atoms with Crippen molar-refractivity contribution in [2.45, 2.75) is 51.2 Å². The number of piperidine rings is 1. The number of aromatic nitrogens is 1. The van der Waals surface area contributed by atoms with Gasteiger partial charge in [-0.05, 0) is 43.9 Å². The zero-order valence-electron chi connectivity index (χ0n) is 18.9. The molecule has 200 valence electrons. The summed E-state index contributed by atoms with van der Waals surface area (Å²) in [5, 5.41) is 14.2. The van der Waals surface area contributed by atoms with Crippen molar-refractivity contribution in [2.75, 3.05) is 32.9 Å². The molecule has 0 spiro atoms. The lowest BCUT2D eigenvalue weighted by Gasteiger charge is -2.50. The monoisotopic (exact) mass is 518 g/mol. The standard InChI is InChI=1S/C17H26N2O2.2C2HF3O2/c1-2-20-14-17-7-3-11-21-16(17)6-10-19(13-17)12-15-4-8-18-9-5-15;2*3-2(4,5)1(6)7/h4-5,8-9,16H,2-3,6-7,10-14H2,1H3;2*(H,6,7). The summed E-state index contributed by atoms with van der Waals surface area (Å²) in [6.07, 6.45) is -2.52. The number of fused-ring (bicyclic) bond motifs is 1. The van der Waals surface area contributed by atoms with Crippen molar-refractivity contribution >= 4 is 11.9 Å². The first kappa shape index (κ1) is 30.6. The maximum atomic E-state index is 10.6. The van der Waals surface area contributed by atoms with Crippen molar-refractivity contribution in [1.82, 2.24) is 9.88 Å². The van der Waals surface area contributed by atoms with Crippen LogP contribution in [0.25, 0.3) is 0 Å². The fourth-order valence-electron chi connectivity index (χ4n) is 3.78. The number of halogens is 6. The third-order valence-corrected chi connectivity index (χ3v) is 5.30. The minimum absolute atomic E-state index is 0.194. The van der Waals surface area contributed by atoms with Crippen molar-refractivity contribution in [2.24, 2.45) is 5.41 Å². The molecular formula is C21H28F6N2O6. The lowest BCUT2D eigenvalue weighted by molar-refractivity contribution is -0.193. The minimum Gasteiger partial charge on any atom is -0.475 e. The van der Waals surface area contributed by atoms with E-state index in [0.29, 0.717) is 6.10 Å². The van der Waals surface area contributed by atoms with Gasteiger partial charge in [0.05, 0.1) is 12.7 Å². The van der Waals surface area contributed by atoms with Crippen molar-refractivity contribution in [3.8, 4) is 0 Å². The van der Waals surface area contributed by atoms with E-state index in [1.165, 1.54) is 12.0 Å². The molecule has 2 unspecified atom stereocenters. The maximum Gasteiger partial charge on any atom is 0.490 e. The van der Waals surface area contributed by atoms with Crippen molar-refractivity contribution in [3.63, 3.8) is 0 Å². The number of likely N-dealkylation sites (tertiary alicyclic amines) is 1. The van der Waals surface area contributed by atoms with Crippen LogP contribution < -0.4 is 0 Å². The molecule has 0 aliphatic carbocycles. The number of nitrogens with zero attached hydrogens (tertiary/aromatic N) is 2. The van der Waals surface area contributed by atoms with Crippen LogP contribution in [0.15, 0.2) is 24.5 Å². The van der Waals surface area contributed by atoms with Gasteiger partial charge < -0.3 is 19.7 Å². The van der Waals surface area contributed by atoms with Gasteiger partial charge in [0, 0.05) is 50.7 Å². The Kier molecular flexibility index (Phi) is 11.9. The Morgan fingerprint density at radius 2 is 1.69 bits per heavy atom. The average Bonchev–Trinajstić information content (AvgIpc) is 2.78. The number of carboxylic acid groups (broad SMARTS) is 2. The zero-order valence-corrected chi connectivity index (χ0v) is 18.9. The van der Waals surface area contributed by atoms with Crippen LogP contribution in [-0.2, 0) is 25.6 Å². The molecule has 0 saturated carbocycles. The molecule has 14 heteroatoms. The molecule has 2 aliphatic rings. The number of hydrogen-bond acceptors (Lipinski definition) is 6. The van der Waals surface area contributed by atoms with Crippen LogP contribution in [-0.4, -0.2) is 83.4 Å². The molecule has 1 aromatic heterocycles. The highest BCUT2D eigenvalue weighted by atomic mass is 19.4.